The van der Waals surface area contributed by atoms with E-state index in [0.29, 0.717) is 5.92 Å². The van der Waals surface area contributed by atoms with Crippen LogP contribution in [0.4, 0.5) is 0 Å². The monoisotopic (exact) mass is 177 g/mol. The van der Waals surface area contributed by atoms with E-state index in [1.165, 1.54) is 12.8 Å². The molecule has 1 unspecified atom stereocenters. The Morgan fingerprint density at radius 3 is 2.69 bits per heavy atom. The third-order valence-corrected chi connectivity index (χ3v) is 2.00. The SMILES string of the molecule is CCCC(C)COc1cc[c]cc1. The van der Waals surface area contributed by atoms with Gasteiger partial charge in [0.2, 0.25) is 0 Å². The van der Waals surface area contributed by atoms with Crippen molar-refractivity contribution in [1.29, 1.82) is 0 Å². The summed E-state index contributed by atoms with van der Waals surface area (Å²) in [4.78, 5) is 0. The van der Waals surface area contributed by atoms with E-state index in [-0.39, 0.29) is 0 Å². The molecule has 0 heterocycles. The molecule has 1 atom stereocenters. The zero-order chi connectivity index (χ0) is 9.52. The van der Waals surface area contributed by atoms with Crippen molar-refractivity contribution in [3.63, 3.8) is 0 Å². The summed E-state index contributed by atoms with van der Waals surface area (Å²) in [6.07, 6.45) is 2.46. The number of hydrogen-bond donors (Lipinski definition) is 0. The van der Waals surface area contributed by atoms with Gasteiger partial charge >= 0.3 is 0 Å². The number of ether oxygens (including phenoxy) is 1. The molecule has 0 spiro atoms. The molecular formula is C12H17O. The lowest BCUT2D eigenvalue weighted by Crippen LogP contribution is -2.07. The lowest BCUT2D eigenvalue weighted by Gasteiger charge is -2.11. The molecular weight excluding hydrogens is 160 g/mol. The van der Waals surface area contributed by atoms with E-state index >= 15 is 0 Å². The molecule has 0 amide bonds. The molecule has 0 bridgehead atoms. The van der Waals surface area contributed by atoms with Gasteiger partial charge in [-0.25, -0.2) is 0 Å². The van der Waals surface area contributed by atoms with Gasteiger partial charge in [0, 0.05) is 0 Å². The van der Waals surface area contributed by atoms with Gasteiger partial charge in [0.05, 0.1) is 6.61 Å². The van der Waals surface area contributed by atoms with Crippen molar-refractivity contribution in [1.82, 2.24) is 0 Å². The van der Waals surface area contributed by atoms with Gasteiger partial charge in [-0.15, -0.1) is 0 Å². The second-order valence-corrected chi connectivity index (χ2v) is 3.44. The van der Waals surface area contributed by atoms with Gasteiger partial charge in [0.25, 0.3) is 0 Å². The quantitative estimate of drug-likeness (QED) is 0.670. The zero-order valence-electron chi connectivity index (χ0n) is 8.42. The van der Waals surface area contributed by atoms with E-state index in [9.17, 15) is 0 Å². The van der Waals surface area contributed by atoms with Gasteiger partial charge in [0.15, 0.2) is 0 Å². The Hall–Kier alpha value is -0.980. The molecule has 0 fully saturated rings. The van der Waals surface area contributed by atoms with E-state index in [4.69, 9.17) is 4.74 Å². The Morgan fingerprint density at radius 2 is 2.08 bits per heavy atom. The van der Waals surface area contributed by atoms with E-state index in [1.54, 1.807) is 0 Å². The summed E-state index contributed by atoms with van der Waals surface area (Å²) in [5.74, 6) is 1.59. The summed E-state index contributed by atoms with van der Waals surface area (Å²) in [6.45, 7) is 5.24. The van der Waals surface area contributed by atoms with Gasteiger partial charge in [-0.2, -0.15) is 0 Å². The van der Waals surface area contributed by atoms with Crippen LogP contribution in [-0.4, -0.2) is 6.61 Å². The van der Waals surface area contributed by atoms with E-state index in [0.717, 1.165) is 12.4 Å². The van der Waals surface area contributed by atoms with Crippen LogP contribution in [0.1, 0.15) is 26.7 Å². The third-order valence-electron chi connectivity index (χ3n) is 2.00. The Labute approximate surface area is 80.7 Å². The van der Waals surface area contributed by atoms with Crippen LogP contribution >= 0.6 is 0 Å². The first-order valence-corrected chi connectivity index (χ1v) is 4.92. The molecule has 13 heavy (non-hydrogen) atoms. The molecule has 0 saturated carbocycles. The highest BCUT2D eigenvalue weighted by Gasteiger charge is 2.00. The van der Waals surface area contributed by atoms with Crippen LogP contribution in [-0.2, 0) is 0 Å². The molecule has 1 aromatic rings. The van der Waals surface area contributed by atoms with Crippen LogP contribution in [0.25, 0.3) is 0 Å². The Kier molecular flexibility index (Phi) is 4.37. The first kappa shape index (κ1) is 10.1. The fourth-order valence-electron chi connectivity index (χ4n) is 1.28. The molecule has 1 nitrogen and oxygen atoms in total. The fourth-order valence-corrected chi connectivity index (χ4v) is 1.28. The summed E-state index contributed by atoms with van der Waals surface area (Å²) >= 11 is 0. The number of rotatable bonds is 5. The van der Waals surface area contributed by atoms with Crippen LogP contribution in [0, 0.1) is 12.0 Å². The van der Waals surface area contributed by atoms with Gasteiger partial charge in [-0.3, -0.25) is 0 Å². The van der Waals surface area contributed by atoms with Crippen molar-refractivity contribution < 1.29 is 4.74 Å². The molecule has 0 aliphatic heterocycles. The number of hydrogen-bond acceptors (Lipinski definition) is 1. The first-order valence-electron chi connectivity index (χ1n) is 4.92. The summed E-state index contributed by atoms with van der Waals surface area (Å²) < 4.78 is 5.60. The van der Waals surface area contributed by atoms with Crippen molar-refractivity contribution in [3.8, 4) is 5.75 Å². The minimum Gasteiger partial charge on any atom is -0.493 e. The van der Waals surface area contributed by atoms with Crippen LogP contribution in [0.3, 0.4) is 0 Å². The Balaban J connectivity index is 2.27. The highest BCUT2D eigenvalue weighted by Crippen LogP contribution is 2.11. The van der Waals surface area contributed by atoms with Crippen LogP contribution in [0.5, 0.6) is 5.75 Å². The molecule has 1 heteroatoms. The van der Waals surface area contributed by atoms with Crippen molar-refractivity contribution in [2.45, 2.75) is 26.7 Å². The van der Waals surface area contributed by atoms with Crippen molar-refractivity contribution in [3.05, 3.63) is 30.3 Å². The Bertz CT molecular complexity index is 218. The van der Waals surface area contributed by atoms with Crippen molar-refractivity contribution in [2.75, 3.05) is 6.61 Å². The minimum atomic E-state index is 0.647. The summed E-state index contributed by atoms with van der Waals surface area (Å²) in [5, 5.41) is 0. The lowest BCUT2D eigenvalue weighted by atomic mass is 10.1. The fraction of sp³-hybridized carbons (Fsp3) is 0.500. The topological polar surface area (TPSA) is 9.23 Å². The predicted octanol–water partition coefficient (Wildman–Crippen LogP) is 3.30. The van der Waals surface area contributed by atoms with E-state index in [2.05, 4.69) is 19.9 Å². The molecule has 0 N–H and O–H groups in total. The largest absolute Gasteiger partial charge is 0.493 e. The van der Waals surface area contributed by atoms with E-state index < -0.39 is 0 Å². The maximum atomic E-state index is 5.60. The molecule has 1 aromatic carbocycles. The predicted molar refractivity (Wildman–Crippen MR) is 54.8 cm³/mol. The molecule has 1 radical (unpaired) electrons. The summed E-state index contributed by atoms with van der Waals surface area (Å²) in [7, 11) is 0. The molecule has 0 aliphatic rings. The third kappa shape index (κ3) is 3.97. The smallest absolute Gasteiger partial charge is 0.119 e. The maximum Gasteiger partial charge on any atom is 0.119 e. The van der Waals surface area contributed by atoms with Gasteiger partial charge in [-0.1, -0.05) is 32.4 Å². The van der Waals surface area contributed by atoms with E-state index in [1.807, 2.05) is 24.3 Å². The number of benzene rings is 1. The molecule has 1 rings (SSSR count). The molecule has 0 aliphatic carbocycles. The minimum absolute atomic E-state index is 0.647. The van der Waals surface area contributed by atoms with Crippen molar-refractivity contribution >= 4 is 0 Å². The lowest BCUT2D eigenvalue weighted by molar-refractivity contribution is 0.251. The van der Waals surface area contributed by atoms with Crippen molar-refractivity contribution in [2.24, 2.45) is 5.92 Å². The highest BCUT2D eigenvalue weighted by molar-refractivity contribution is 5.20. The normalized spacial score (nSPS) is 12.5. The standard InChI is InChI=1S/C12H17O/c1-3-7-11(2)10-13-12-8-5-4-6-9-12/h5-6,8-9,11H,3,7,10H2,1-2H3. The van der Waals surface area contributed by atoms with Gasteiger partial charge in [-0.05, 0) is 30.5 Å². The highest BCUT2D eigenvalue weighted by atomic mass is 16.5. The Morgan fingerprint density at radius 1 is 1.38 bits per heavy atom. The zero-order valence-corrected chi connectivity index (χ0v) is 8.42. The second kappa shape index (κ2) is 5.63. The van der Waals surface area contributed by atoms with Gasteiger partial charge in [0.1, 0.15) is 5.75 Å². The summed E-state index contributed by atoms with van der Waals surface area (Å²) in [5.41, 5.74) is 0. The van der Waals surface area contributed by atoms with Crippen LogP contribution in [0.2, 0.25) is 0 Å². The first-order chi connectivity index (χ1) is 6.33. The van der Waals surface area contributed by atoms with Crippen LogP contribution < -0.4 is 4.74 Å². The molecule has 71 valence electrons. The molecule has 0 saturated heterocycles. The molecule has 0 aromatic heterocycles. The summed E-state index contributed by atoms with van der Waals surface area (Å²) in [6, 6.07) is 10.6. The second-order valence-electron chi connectivity index (χ2n) is 3.44. The maximum absolute atomic E-state index is 5.60. The average molecular weight is 177 g/mol. The van der Waals surface area contributed by atoms with Crippen LogP contribution in [0.15, 0.2) is 24.3 Å². The average Bonchev–Trinajstić information content (AvgIpc) is 2.17. The van der Waals surface area contributed by atoms with Gasteiger partial charge < -0.3 is 4.74 Å².